The van der Waals surface area contributed by atoms with Gasteiger partial charge in [-0.05, 0) is 35.3 Å². The van der Waals surface area contributed by atoms with Crippen molar-refractivity contribution < 1.29 is 23.7 Å². The molecule has 1 aliphatic carbocycles. The van der Waals surface area contributed by atoms with Crippen molar-refractivity contribution in [1.29, 1.82) is 0 Å². The summed E-state index contributed by atoms with van der Waals surface area (Å²) in [5.74, 6) is -0.829. The van der Waals surface area contributed by atoms with Crippen molar-refractivity contribution in [2.45, 2.75) is 69.4 Å². The number of aliphatic hydroxyl groups excluding tert-OH is 1. The van der Waals surface area contributed by atoms with Gasteiger partial charge in [-0.25, -0.2) is 0 Å². The first-order chi connectivity index (χ1) is 15.5. The first kappa shape index (κ1) is 24.3. The van der Waals surface area contributed by atoms with Gasteiger partial charge < -0.3 is 23.7 Å². The van der Waals surface area contributed by atoms with Crippen LogP contribution in [0.5, 0.6) is 0 Å². The highest BCUT2D eigenvalue weighted by molar-refractivity contribution is 6.99. The fourth-order valence-electron chi connectivity index (χ4n) is 5.37. The molecule has 33 heavy (non-hydrogen) atoms. The molecule has 4 rings (SSSR count). The Kier molecular flexibility index (Phi) is 6.46. The third-order valence-electron chi connectivity index (χ3n) is 6.74. The van der Waals surface area contributed by atoms with E-state index in [4.69, 9.17) is 18.6 Å². The number of benzene rings is 2. The molecule has 0 amide bonds. The summed E-state index contributed by atoms with van der Waals surface area (Å²) in [5, 5.41) is 12.8. The predicted molar refractivity (Wildman–Crippen MR) is 132 cm³/mol. The van der Waals surface area contributed by atoms with Crippen molar-refractivity contribution in [3.63, 3.8) is 0 Å². The van der Waals surface area contributed by atoms with Gasteiger partial charge in [0, 0.05) is 7.11 Å². The van der Waals surface area contributed by atoms with E-state index in [1.54, 1.807) is 13.2 Å². The third-order valence-corrected chi connectivity index (χ3v) is 11.7. The number of rotatable bonds is 6. The highest BCUT2D eigenvalue weighted by atomic mass is 28.4. The molecule has 0 unspecified atom stereocenters. The summed E-state index contributed by atoms with van der Waals surface area (Å²) in [6.45, 7) is 10.8. The minimum atomic E-state index is -2.77. The Hall–Kier alpha value is -1.80. The van der Waals surface area contributed by atoms with Crippen LogP contribution in [0.4, 0.5) is 0 Å². The molecule has 1 aliphatic heterocycles. The molecule has 0 bridgehead atoms. The van der Waals surface area contributed by atoms with Crippen LogP contribution >= 0.6 is 0 Å². The van der Waals surface area contributed by atoms with E-state index in [1.807, 2.05) is 32.1 Å². The topological polar surface area (TPSA) is 57.2 Å². The lowest BCUT2D eigenvalue weighted by atomic mass is 9.85. The molecule has 1 saturated heterocycles. The van der Waals surface area contributed by atoms with Crippen LogP contribution in [-0.2, 0) is 18.6 Å². The fraction of sp³-hybridized carbons (Fsp3) is 0.481. The normalized spacial score (nSPS) is 29.1. The second-order valence-electron chi connectivity index (χ2n) is 10.5. The molecule has 0 aromatic heterocycles. The van der Waals surface area contributed by atoms with E-state index in [0.29, 0.717) is 0 Å². The number of hydrogen-bond acceptors (Lipinski definition) is 5. The summed E-state index contributed by atoms with van der Waals surface area (Å²) in [6.07, 6.45) is 1.85. The van der Waals surface area contributed by atoms with Gasteiger partial charge in [0.1, 0.15) is 23.9 Å². The zero-order chi connectivity index (χ0) is 23.9. The monoisotopic (exact) mass is 468 g/mol. The Bertz CT molecular complexity index is 930. The van der Waals surface area contributed by atoms with E-state index >= 15 is 0 Å². The molecular weight excluding hydrogens is 432 g/mol. The molecule has 2 aliphatic rings. The van der Waals surface area contributed by atoms with E-state index in [9.17, 15) is 5.11 Å². The second-order valence-corrected chi connectivity index (χ2v) is 14.8. The van der Waals surface area contributed by atoms with E-state index < -0.39 is 38.0 Å². The summed E-state index contributed by atoms with van der Waals surface area (Å²) in [5.41, 5.74) is -0.865. The molecule has 4 atom stereocenters. The number of methoxy groups -OCH3 is 1. The summed E-state index contributed by atoms with van der Waals surface area (Å²) in [6, 6.07) is 21.1. The van der Waals surface area contributed by atoms with Crippen molar-refractivity contribution >= 4 is 18.7 Å². The van der Waals surface area contributed by atoms with Crippen LogP contribution in [-0.4, -0.2) is 56.8 Å². The highest BCUT2D eigenvalue weighted by Gasteiger charge is 2.60. The maximum atomic E-state index is 10.5. The van der Waals surface area contributed by atoms with Crippen LogP contribution in [0, 0.1) is 0 Å². The average molecular weight is 469 g/mol. The van der Waals surface area contributed by atoms with E-state index in [0.717, 1.165) is 0 Å². The molecule has 0 radical (unpaired) electrons. The summed E-state index contributed by atoms with van der Waals surface area (Å²) >= 11 is 0. The van der Waals surface area contributed by atoms with Gasteiger partial charge in [0.15, 0.2) is 5.79 Å². The number of aliphatic hydroxyl groups is 1. The zero-order valence-electron chi connectivity index (χ0n) is 20.4. The van der Waals surface area contributed by atoms with E-state index in [-0.39, 0.29) is 11.6 Å². The smallest absolute Gasteiger partial charge is 0.261 e. The first-order valence-electron chi connectivity index (χ1n) is 11.6. The van der Waals surface area contributed by atoms with Gasteiger partial charge in [0.05, 0.1) is 6.61 Å². The van der Waals surface area contributed by atoms with Crippen LogP contribution in [0.3, 0.4) is 0 Å². The van der Waals surface area contributed by atoms with Crippen LogP contribution < -0.4 is 10.4 Å². The lowest BCUT2D eigenvalue weighted by Gasteiger charge is -2.46. The number of hydrogen-bond donors (Lipinski definition) is 1. The molecule has 5 nitrogen and oxygen atoms in total. The second kappa shape index (κ2) is 8.76. The van der Waals surface area contributed by atoms with Gasteiger partial charge in [0.25, 0.3) is 8.32 Å². The maximum Gasteiger partial charge on any atom is 0.261 e. The van der Waals surface area contributed by atoms with Crippen molar-refractivity contribution in [2.75, 3.05) is 13.7 Å². The van der Waals surface area contributed by atoms with Gasteiger partial charge in [-0.1, -0.05) is 87.5 Å². The Balaban J connectivity index is 1.82. The minimum absolute atomic E-state index is 0.157. The van der Waals surface area contributed by atoms with Gasteiger partial charge in [-0.3, -0.25) is 0 Å². The standard InChI is InChI=1S/C27H36O5Si/c1-25(2,3)33(20-13-9-7-10-14-20,21-15-11-8-12-16-21)30-19-27-18-17-22(28)23(29-6)24(27)31-26(4,5)32-27/h7-18,22-24,28H,19H2,1-6H3/t22-,23+,24-,27-/m0/s1. The summed E-state index contributed by atoms with van der Waals surface area (Å²) in [4.78, 5) is 0. The summed E-state index contributed by atoms with van der Waals surface area (Å²) < 4.78 is 25.6. The highest BCUT2D eigenvalue weighted by Crippen LogP contribution is 2.45. The Morgan fingerprint density at radius 2 is 1.52 bits per heavy atom. The molecule has 1 heterocycles. The van der Waals surface area contributed by atoms with Crippen LogP contribution in [0.25, 0.3) is 0 Å². The molecule has 6 heteroatoms. The lowest BCUT2D eigenvalue weighted by molar-refractivity contribution is -0.166. The van der Waals surface area contributed by atoms with E-state index in [2.05, 4.69) is 69.3 Å². The molecule has 2 aromatic rings. The molecule has 0 spiro atoms. The minimum Gasteiger partial charge on any atom is -0.404 e. The largest absolute Gasteiger partial charge is 0.404 e. The molecule has 1 N–H and O–H groups in total. The van der Waals surface area contributed by atoms with Gasteiger partial charge in [0.2, 0.25) is 0 Å². The molecular formula is C27H36O5Si. The zero-order valence-corrected chi connectivity index (χ0v) is 21.4. The molecule has 2 aromatic carbocycles. The molecule has 178 valence electrons. The Labute approximate surface area is 198 Å². The predicted octanol–water partition coefficient (Wildman–Crippen LogP) is 3.40. The van der Waals surface area contributed by atoms with Gasteiger partial charge in [-0.2, -0.15) is 0 Å². The number of fused-ring (bicyclic) bond motifs is 1. The van der Waals surface area contributed by atoms with Crippen molar-refractivity contribution in [3.8, 4) is 0 Å². The maximum absolute atomic E-state index is 10.5. The van der Waals surface area contributed by atoms with Crippen molar-refractivity contribution in [2.24, 2.45) is 0 Å². The third kappa shape index (κ3) is 4.25. The van der Waals surface area contributed by atoms with Crippen molar-refractivity contribution in [3.05, 3.63) is 72.8 Å². The fourth-order valence-corrected chi connectivity index (χ4v) is 9.97. The average Bonchev–Trinajstić information content (AvgIpc) is 3.05. The van der Waals surface area contributed by atoms with Crippen LogP contribution in [0.15, 0.2) is 72.8 Å². The quantitative estimate of drug-likeness (QED) is 0.520. The Morgan fingerprint density at radius 1 is 0.970 bits per heavy atom. The Morgan fingerprint density at radius 3 is 2.00 bits per heavy atom. The molecule has 0 saturated carbocycles. The lowest BCUT2D eigenvalue weighted by Crippen LogP contribution is -2.68. The number of ether oxygens (including phenoxy) is 3. The van der Waals surface area contributed by atoms with Crippen LogP contribution in [0.1, 0.15) is 34.6 Å². The van der Waals surface area contributed by atoms with Crippen molar-refractivity contribution in [1.82, 2.24) is 0 Å². The van der Waals surface area contributed by atoms with E-state index in [1.165, 1.54) is 10.4 Å². The van der Waals surface area contributed by atoms with Gasteiger partial charge >= 0.3 is 0 Å². The van der Waals surface area contributed by atoms with Gasteiger partial charge in [-0.15, -0.1) is 0 Å². The molecule has 1 fully saturated rings. The summed E-state index contributed by atoms with van der Waals surface area (Å²) in [7, 11) is -1.17. The van der Waals surface area contributed by atoms with Crippen LogP contribution in [0.2, 0.25) is 5.04 Å². The first-order valence-corrected chi connectivity index (χ1v) is 13.5. The SMILES string of the molecule is CO[C@@H]1[C@@H](O)C=C[C@@]2(CO[Si](c3ccccc3)(c3ccccc3)C(C)(C)C)OC(C)(C)O[C@@H]12.